The van der Waals surface area contributed by atoms with E-state index in [9.17, 15) is 4.79 Å². The lowest BCUT2D eigenvalue weighted by atomic mass is 10.1. The number of benzene rings is 1. The van der Waals surface area contributed by atoms with Crippen molar-refractivity contribution in [1.82, 2.24) is 9.88 Å². The van der Waals surface area contributed by atoms with Gasteiger partial charge in [0.2, 0.25) is 5.91 Å². The first-order valence-electron chi connectivity index (χ1n) is 8.16. The van der Waals surface area contributed by atoms with Crippen LogP contribution >= 0.6 is 0 Å². The van der Waals surface area contributed by atoms with E-state index in [2.05, 4.69) is 48.1 Å². The molecule has 1 aromatic carbocycles. The Labute approximate surface area is 132 Å². The monoisotopic (exact) mass is 302 g/mol. The highest BCUT2D eigenvalue weighted by Crippen LogP contribution is 2.26. The van der Waals surface area contributed by atoms with Crippen LogP contribution in [0.4, 0.5) is 0 Å². The third-order valence-corrected chi connectivity index (χ3v) is 4.07. The van der Waals surface area contributed by atoms with Crippen LogP contribution in [-0.4, -0.2) is 28.7 Å². The van der Waals surface area contributed by atoms with Crippen molar-refractivity contribution in [1.29, 1.82) is 0 Å². The van der Waals surface area contributed by atoms with Gasteiger partial charge in [-0.25, -0.2) is 0 Å². The van der Waals surface area contributed by atoms with Gasteiger partial charge in [0.25, 0.3) is 0 Å². The Morgan fingerprint density at radius 2 is 2.14 bits per heavy atom. The molecule has 0 aliphatic heterocycles. The van der Waals surface area contributed by atoms with E-state index in [0.29, 0.717) is 19.0 Å². The molecule has 0 bridgehead atoms. The van der Waals surface area contributed by atoms with E-state index in [1.54, 1.807) is 0 Å². The number of fused-ring (bicyclic) bond motifs is 1. The molecule has 120 valence electrons. The number of rotatable bonds is 8. The molecule has 22 heavy (non-hydrogen) atoms. The van der Waals surface area contributed by atoms with Crippen LogP contribution in [0.15, 0.2) is 30.5 Å². The van der Waals surface area contributed by atoms with Crippen LogP contribution in [0.2, 0.25) is 0 Å². The number of aliphatic hydroxyl groups excluding tert-OH is 1. The second-order valence-electron chi connectivity index (χ2n) is 5.72. The zero-order chi connectivity index (χ0) is 15.9. The SMILES string of the molecule is CCCC(CC)n1ccc2ccc(CC(=O)NCCO)cc21. The van der Waals surface area contributed by atoms with Crippen molar-refractivity contribution in [2.75, 3.05) is 13.2 Å². The average molecular weight is 302 g/mol. The third kappa shape index (κ3) is 3.89. The number of aromatic nitrogens is 1. The number of amides is 1. The molecule has 0 spiro atoms. The molecule has 0 aliphatic rings. The Morgan fingerprint density at radius 3 is 2.82 bits per heavy atom. The van der Waals surface area contributed by atoms with E-state index in [1.165, 1.54) is 23.7 Å². The van der Waals surface area contributed by atoms with E-state index >= 15 is 0 Å². The van der Waals surface area contributed by atoms with Crippen molar-refractivity contribution < 1.29 is 9.90 Å². The van der Waals surface area contributed by atoms with Gasteiger partial charge in [0.15, 0.2) is 0 Å². The summed E-state index contributed by atoms with van der Waals surface area (Å²) in [5, 5.41) is 12.7. The van der Waals surface area contributed by atoms with Gasteiger partial charge >= 0.3 is 0 Å². The number of hydrogen-bond acceptors (Lipinski definition) is 2. The first kappa shape index (κ1) is 16.6. The Hall–Kier alpha value is -1.81. The lowest BCUT2D eigenvalue weighted by molar-refractivity contribution is -0.120. The predicted molar refractivity (Wildman–Crippen MR) is 90.0 cm³/mol. The van der Waals surface area contributed by atoms with E-state index < -0.39 is 0 Å². The normalized spacial score (nSPS) is 12.5. The van der Waals surface area contributed by atoms with E-state index in [1.807, 2.05) is 6.07 Å². The molecule has 0 aliphatic carbocycles. The summed E-state index contributed by atoms with van der Waals surface area (Å²) in [5.41, 5.74) is 2.21. The highest BCUT2D eigenvalue weighted by molar-refractivity contribution is 5.84. The average Bonchev–Trinajstić information content (AvgIpc) is 2.93. The van der Waals surface area contributed by atoms with Crippen LogP contribution in [-0.2, 0) is 11.2 Å². The zero-order valence-corrected chi connectivity index (χ0v) is 13.5. The molecule has 2 rings (SSSR count). The van der Waals surface area contributed by atoms with Crippen molar-refractivity contribution in [3.63, 3.8) is 0 Å². The van der Waals surface area contributed by atoms with Crippen molar-refractivity contribution >= 4 is 16.8 Å². The lowest BCUT2D eigenvalue weighted by Crippen LogP contribution is -2.27. The smallest absolute Gasteiger partial charge is 0.224 e. The minimum absolute atomic E-state index is 0.0250. The van der Waals surface area contributed by atoms with Crippen LogP contribution in [0.3, 0.4) is 0 Å². The highest BCUT2D eigenvalue weighted by atomic mass is 16.3. The molecule has 0 fully saturated rings. The molecule has 4 nitrogen and oxygen atoms in total. The summed E-state index contributed by atoms with van der Waals surface area (Å²) in [6, 6.07) is 8.86. The molecule has 0 radical (unpaired) electrons. The van der Waals surface area contributed by atoms with Gasteiger partial charge in [-0.1, -0.05) is 32.4 Å². The summed E-state index contributed by atoms with van der Waals surface area (Å²) in [6.07, 6.45) is 5.96. The number of nitrogens with one attached hydrogen (secondary N) is 1. The van der Waals surface area contributed by atoms with Gasteiger partial charge in [-0.05, 0) is 35.9 Å². The molecule has 1 unspecified atom stereocenters. The van der Waals surface area contributed by atoms with Crippen LogP contribution in [0.25, 0.3) is 10.9 Å². The van der Waals surface area contributed by atoms with Crippen LogP contribution in [0, 0.1) is 0 Å². The molecule has 0 saturated heterocycles. The van der Waals surface area contributed by atoms with Gasteiger partial charge in [0.1, 0.15) is 0 Å². The minimum Gasteiger partial charge on any atom is -0.395 e. The van der Waals surface area contributed by atoms with Crippen LogP contribution in [0.5, 0.6) is 0 Å². The summed E-state index contributed by atoms with van der Waals surface area (Å²) in [5.74, 6) is -0.0490. The Bertz CT molecular complexity index is 619. The number of nitrogens with zero attached hydrogens (tertiary/aromatic N) is 1. The fourth-order valence-corrected chi connectivity index (χ4v) is 2.94. The second-order valence-corrected chi connectivity index (χ2v) is 5.72. The number of carbonyl (C=O) groups excluding carboxylic acids is 1. The van der Waals surface area contributed by atoms with E-state index in [4.69, 9.17) is 5.11 Å². The Morgan fingerprint density at radius 1 is 1.32 bits per heavy atom. The molecule has 1 heterocycles. The molecule has 2 N–H and O–H groups in total. The second kappa shape index (κ2) is 7.99. The molecule has 1 atom stereocenters. The topological polar surface area (TPSA) is 54.3 Å². The quantitative estimate of drug-likeness (QED) is 0.787. The first-order valence-corrected chi connectivity index (χ1v) is 8.16. The summed E-state index contributed by atoms with van der Waals surface area (Å²) >= 11 is 0. The molecular weight excluding hydrogens is 276 g/mol. The molecule has 4 heteroatoms. The zero-order valence-electron chi connectivity index (χ0n) is 13.5. The van der Waals surface area contributed by atoms with Gasteiger partial charge in [-0.15, -0.1) is 0 Å². The van der Waals surface area contributed by atoms with E-state index in [-0.39, 0.29) is 12.5 Å². The van der Waals surface area contributed by atoms with Crippen LogP contribution < -0.4 is 5.32 Å². The number of carbonyl (C=O) groups is 1. The van der Waals surface area contributed by atoms with Gasteiger partial charge < -0.3 is 15.0 Å². The number of aliphatic hydroxyl groups is 1. The Kier molecular flexibility index (Phi) is 6.01. The van der Waals surface area contributed by atoms with Gasteiger partial charge in [-0.3, -0.25) is 4.79 Å². The van der Waals surface area contributed by atoms with E-state index in [0.717, 1.165) is 12.0 Å². The highest BCUT2D eigenvalue weighted by Gasteiger charge is 2.11. The van der Waals surface area contributed by atoms with Gasteiger partial charge in [0, 0.05) is 24.3 Å². The molecule has 0 saturated carbocycles. The fraction of sp³-hybridized carbons (Fsp3) is 0.500. The molecule has 2 aromatic rings. The molecule has 1 amide bonds. The predicted octanol–water partition coefficient (Wildman–Crippen LogP) is 3.04. The van der Waals surface area contributed by atoms with Crippen molar-refractivity contribution in [3.05, 3.63) is 36.0 Å². The van der Waals surface area contributed by atoms with Gasteiger partial charge in [0.05, 0.1) is 13.0 Å². The van der Waals surface area contributed by atoms with Crippen LogP contribution in [0.1, 0.15) is 44.7 Å². The maximum atomic E-state index is 11.8. The molecule has 1 aromatic heterocycles. The molecular formula is C18H26N2O2. The summed E-state index contributed by atoms with van der Waals surface area (Å²) in [7, 11) is 0. The summed E-state index contributed by atoms with van der Waals surface area (Å²) in [6.45, 7) is 4.72. The maximum Gasteiger partial charge on any atom is 0.224 e. The maximum absolute atomic E-state index is 11.8. The standard InChI is InChI=1S/C18H26N2O2/c1-3-5-16(4-2)20-10-8-15-7-6-14(12-17(15)20)13-18(22)19-9-11-21/h6-8,10,12,16,21H,3-5,9,11,13H2,1-2H3,(H,19,22). The number of hydrogen-bond donors (Lipinski definition) is 2. The van der Waals surface area contributed by atoms with Crippen molar-refractivity contribution in [3.8, 4) is 0 Å². The third-order valence-electron chi connectivity index (χ3n) is 4.07. The summed E-state index contributed by atoms with van der Waals surface area (Å²) in [4.78, 5) is 11.8. The minimum atomic E-state index is -0.0490. The Balaban J connectivity index is 2.22. The fourth-order valence-electron chi connectivity index (χ4n) is 2.94. The first-order chi connectivity index (χ1) is 10.7. The van der Waals surface area contributed by atoms with Crippen molar-refractivity contribution in [2.45, 2.75) is 45.6 Å². The lowest BCUT2D eigenvalue weighted by Gasteiger charge is -2.18. The van der Waals surface area contributed by atoms with Gasteiger partial charge in [-0.2, -0.15) is 0 Å². The van der Waals surface area contributed by atoms with Crippen molar-refractivity contribution in [2.24, 2.45) is 0 Å². The largest absolute Gasteiger partial charge is 0.395 e. The summed E-state index contributed by atoms with van der Waals surface area (Å²) < 4.78 is 2.34.